The van der Waals surface area contributed by atoms with Crippen LogP contribution >= 0.6 is 0 Å². The van der Waals surface area contributed by atoms with Crippen LogP contribution in [0.25, 0.3) is 0 Å². The summed E-state index contributed by atoms with van der Waals surface area (Å²) in [5.74, 6) is -2.49. The molecule has 0 aromatic heterocycles. The maximum Gasteiger partial charge on any atom is 0.498 e. The molecule has 34 heavy (non-hydrogen) atoms. The second-order valence-corrected chi connectivity index (χ2v) is 11.5. The van der Waals surface area contributed by atoms with Crippen molar-refractivity contribution < 1.29 is 67.0 Å². The van der Waals surface area contributed by atoms with E-state index in [1.807, 2.05) is 0 Å². The van der Waals surface area contributed by atoms with Crippen LogP contribution in [-0.4, -0.2) is 62.9 Å². The van der Waals surface area contributed by atoms with Gasteiger partial charge in [-0.15, -0.1) is 0 Å². The van der Waals surface area contributed by atoms with E-state index in [-0.39, 0.29) is 25.0 Å². The van der Waals surface area contributed by atoms with Gasteiger partial charge in [0.25, 0.3) is 19.7 Å². The van der Waals surface area contributed by atoms with Gasteiger partial charge in [0.1, 0.15) is 11.9 Å². The van der Waals surface area contributed by atoms with E-state index in [2.05, 4.69) is 11.3 Å². The second-order valence-electron chi connectivity index (χ2n) is 7.01. The van der Waals surface area contributed by atoms with Gasteiger partial charge < -0.3 is 9.47 Å². The number of Topliss-reactive ketones (excluding diaryl/α,β-unsaturated/α-hetero) is 1. The lowest BCUT2D eigenvalue weighted by Gasteiger charge is -2.23. The summed E-state index contributed by atoms with van der Waals surface area (Å²) in [7, 11) is -13.7. The van der Waals surface area contributed by atoms with E-state index in [9.17, 15) is 57.6 Å². The van der Waals surface area contributed by atoms with E-state index < -0.39 is 78.4 Å². The third-order valence-electron chi connectivity index (χ3n) is 3.98. The lowest BCUT2D eigenvalue weighted by atomic mass is 10.1. The molecule has 1 unspecified atom stereocenters. The summed E-state index contributed by atoms with van der Waals surface area (Å²) in [6, 6.07) is 0. The van der Waals surface area contributed by atoms with Crippen LogP contribution < -0.4 is 0 Å². The molecular formula is C17H22F6O9S2. The summed E-state index contributed by atoms with van der Waals surface area (Å²) in [5, 5.41) is 0. The van der Waals surface area contributed by atoms with Crippen molar-refractivity contribution in [3.05, 3.63) is 12.2 Å². The molecule has 0 aromatic carbocycles. The fourth-order valence-electron chi connectivity index (χ4n) is 2.24. The van der Waals surface area contributed by atoms with Crippen molar-refractivity contribution in [3.8, 4) is 0 Å². The number of ketones is 1. The molecule has 0 aliphatic carbocycles. The molecule has 0 amide bonds. The molecule has 0 rings (SSSR count). The van der Waals surface area contributed by atoms with E-state index in [1.165, 1.54) is 6.92 Å². The van der Waals surface area contributed by atoms with Crippen LogP contribution in [0, 0.1) is 0 Å². The zero-order valence-corrected chi connectivity index (χ0v) is 19.5. The summed E-state index contributed by atoms with van der Waals surface area (Å²) in [4.78, 5) is 34.6. The Bertz CT molecular complexity index is 938. The number of halogens is 6. The highest BCUT2D eigenvalue weighted by Gasteiger charge is 2.63. The Morgan fingerprint density at radius 2 is 1.35 bits per heavy atom. The van der Waals surface area contributed by atoms with Crippen LogP contribution in [0.5, 0.6) is 0 Å². The first-order chi connectivity index (χ1) is 15.1. The van der Waals surface area contributed by atoms with Crippen LogP contribution in [0.3, 0.4) is 0 Å². The third-order valence-corrected chi connectivity index (χ3v) is 8.56. The largest absolute Gasteiger partial charge is 0.498 e. The van der Waals surface area contributed by atoms with Crippen LogP contribution in [0.4, 0.5) is 26.3 Å². The summed E-state index contributed by atoms with van der Waals surface area (Å²) in [6.07, 6.45) is -5.01. The third kappa shape index (κ3) is 9.23. The van der Waals surface area contributed by atoms with E-state index >= 15 is 0 Å². The summed E-state index contributed by atoms with van der Waals surface area (Å²) in [6.45, 7) is 5.31. The molecule has 0 aliphatic heterocycles. The number of alkyl halides is 6. The highest BCUT2D eigenvalue weighted by molar-refractivity contribution is 8.09. The molecule has 1 atom stereocenters. The van der Waals surface area contributed by atoms with Gasteiger partial charge in [-0.2, -0.15) is 26.3 Å². The highest BCUT2D eigenvalue weighted by Crippen LogP contribution is 2.38. The smallest absolute Gasteiger partial charge is 0.463 e. The Morgan fingerprint density at radius 3 is 1.76 bits per heavy atom. The first-order valence-electron chi connectivity index (χ1n) is 9.28. The van der Waals surface area contributed by atoms with Crippen LogP contribution in [0.15, 0.2) is 12.2 Å². The van der Waals surface area contributed by atoms with E-state index in [4.69, 9.17) is 4.74 Å². The van der Waals surface area contributed by atoms with Crippen molar-refractivity contribution >= 4 is 37.4 Å². The molecule has 0 aromatic rings. The Balaban J connectivity index is 5.02. The average Bonchev–Trinajstić information content (AvgIpc) is 2.65. The van der Waals surface area contributed by atoms with Crippen LogP contribution in [0.1, 0.15) is 46.0 Å². The Labute approximate surface area is 191 Å². The molecule has 0 saturated carbocycles. The lowest BCUT2D eigenvalue weighted by Crippen LogP contribution is -2.46. The Hall–Kier alpha value is -2.17. The maximum absolute atomic E-state index is 12.7. The number of sulfone groups is 2. The standard InChI is InChI=1S/C17H22F6O9S2/c1-10(2)15(26)31-8-4-5-12(24)6-7-13(25)32-11(3)9-14(33(27,28)16(18,19)20)34(29,30)17(21,22)23/h11,14H,1,4-9H2,2-3H3. The molecule has 0 radical (unpaired) electrons. The highest BCUT2D eigenvalue weighted by atomic mass is 32.3. The minimum atomic E-state index is -6.86. The summed E-state index contributed by atoms with van der Waals surface area (Å²) >= 11 is 0. The summed E-state index contributed by atoms with van der Waals surface area (Å²) in [5.41, 5.74) is -12.5. The molecule has 0 N–H and O–H groups in total. The molecule has 9 nitrogen and oxygen atoms in total. The maximum atomic E-state index is 12.7. The topological polar surface area (TPSA) is 138 Å². The normalized spacial score (nSPS) is 13.9. The molecule has 0 heterocycles. The number of hydrogen-bond donors (Lipinski definition) is 0. The Kier molecular flexibility index (Phi) is 11.2. The molecule has 17 heteroatoms. The van der Waals surface area contributed by atoms with Crippen molar-refractivity contribution in [2.24, 2.45) is 0 Å². The molecule has 198 valence electrons. The summed E-state index contributed by atoms with van der Waals surface area (Å²) < 4.78 is 128. The number of ether oxygens (including phenoxy) is 2. The first kappa shape index (κ1) is 31.8. The number of carbonyl (C=O) groups excluding carboxylic acids is 3. The van der Waals surface area contributed by atoms with Crippen LogP contribution in [0.2, 0.25) is 0 Å². The quantitative estimate of drug-likeness (QED) is 0.147. The minimum absolute atomic E-state index is 0.0928. The molecule has 0 aliphatic rings. The van der Waals surface area contributed by atoms with Gasteiger partial charge in [0.2, 0.25) is 0 Å². The molecule has 0 saturated heterocycles. The van der Waals surface area contributed by atoms with E-state index in [1.54, 1.807) is 0 Å². The minimum Gasteiger partial charge on any atom is -0.463 e. The van der Waals surface area contributed by atoms with E-state index in [0.29, 0.717) is 6.92 Å². The van der Waals surface area contributed by atoms with Gasteiger partial charge in [0.05, 0.1) is 13.0 Å². The molecule has 0 fully saturated rings. The fourth-order valence-corrected chi connectivity index (χ4v) is 5.88. The van der Waals surface area contributed by atoms with Gasteiger partial charge in [0.15, 0.2) is 4.58 Å². The zero-order valence-electron chi connectivity index (χ0n) is 17.9. The van der Waals surface area contributed by atoms with Crippen LogP contribution in [-0.2, 0) is 43.5 Å². The molecule has 0 spiro atoms. The predicted octanol–water partition coefficient (Wildman–Crippen LogP) is 2.75. The number of esters is 2. The van der Waals surface area contributed by atoms with Gasteiger partial charge in [-0.1, -0.05) is 6.58 Å². The van der Waals surface area contributed by atoms with Gasteiger partial charge in [0, 0.05) is 24.8 Å². The average molecular weight is 548 g/mol. The predicted molar refractivity (Wildman–Crippen MR) is 103 cm³/mol. The first-order valence-corrected chi connectivity index (χ1v) is 12.4. The van der Waals surface area contributed by atoms with Gasteiger partial charge in [-0.05, 0) is 20.3 Å². The fraction of sp³-hybridized carbons (Fsp3) is 0.706. The number of hydrogen-bond acceptors (Lipinski definition) is 9. The van der Waals surface area contributed by atoms with Crippen molar-refractivity contribution in [1.82, 2.24) is 0 Å². The van der Waals surface area contributed by atoms with Crippen molar-refractivity contribution in [1.29, 1.82) is 0 Å². The SMILES string of the molecule is C=C(C)C(=O)OCCCC(=O)CCC(=O)OC(C)CC(S(=O)(=O)C(F)(F)F)S(=O)(=O)C(F)(F)F. The van der Waals surface area contributed by atoms with Crippen molar-refractivity contribution in [3.63, 3.8) is 0 Å². The van der Waals surface area contributed by atoms with Crippen molar-refractivity contribution in [2.45, 2.75) is 67.7 Å². The second kappa shape index (κ2) is 12.0. The van der Waals surface area contributed by atoms with Gasteiger partial charge in [-0.25, -0.2) is 21.6 Å². The Morgan fingerprint density at radius 1 is 0.882 bits per heavy atom. The van der Waals surface area contributed by atoms with E-state index in [0.717, 1.165) is 0 Å². The van der Waals surface area contributed by atoms with Gasteiger partial charge in [-0.3, -0.25) is 9.59 Å². The monoisotopic (exact) mass is 548 g/mol. The van der Waals surface area contributed by atoms with Gasteiger partial charge >= 0.3 is 23.0 Å². The molecule has 0 bridgehead atoms. The zero-order chi connectivity index (χ0) is 27.1. The molecular weight excluding hydrogens is 526 g/mol. The number of rotatable bonds is 13. The lowest BCUT2D eigenvalue weighted by molar-refractivity contribution is -0.149. The van der Waals surface area contributed by atoms with Crippen molar-refractivity contribution in [2.75, 3.05) is 6.61 Å². The number of carbonyl (C=O) groups is 3.